The third-order valence-corrected chi connectivity index (χ3v) is 4.90. The molecule has 3 N–H and O–H groups in total. The number of anilines is 2. The fraction of sp³-hybridized carbons (Fsp3) is 0.238. The average molecular weight is 365 g/mol. The van der Waals surface area contributed by atoms with Gasteiger partial charge in [-0.25, -0.2) is 4.39 Å². The highest BCUT2D eigenvalue weighted by Gasteiger charge is 2.17. The zero-order valence-electron chi connectivity index (χ0n) is 15.0. The van der Waals surface area contributed by atoms with E-state index in [2.05, 4.69) is 15.6 Å². The van der Waals surface area contributed by atoms with Gasteiger partial charge in [0.05, 0.1) is 5.69 Å². The molecule has 0 bridgehead atoms. The van der Waals surface area contributed by atoms with E-state index in [1.54, 1.807) is 6.07 Å². The molecule has 0 fully saturated rings. The Morgan fingerprint density at radius 2 is 1.85 bits per heavy atom. The highest BCUT2D eigenvalue weighted by molar-refractivity contribution is 6.07. The Morgan fingerprint density at radius 1 is 1.04 bits per heavy atom. The van der Waals surface area contributed by atoms with Gasteiger partial charge in [0.1, 0.15) is 5.82 Å². The van der Waals surface area contributed by atoms with E-state index in [4.69, 9.17) is 0 Å². The molecule has 2 aromatic carbocycles. The van der Waals surface area contributed by atoms with Crippen molar-refractivity contribution in [2.45, 2.75) is 32.6 Å². The molecule has 0 saturated carbocycles. The maximum Gasteiger partial charge on any atom is 0.255 e. The summed E-state index contributed by atoms with van der Waals surface area (Å²) in [7, 11) is 0. The van der Waals surface area contributed by atoms with Crippen LogP contribution in [0.15, 0.2) is 36.4 Å². The fourth-order valence-corrected chi connectivity index (χ4v) is 3.64. The Balaban J connectivity index is 1.62. The van der Waals surface area contributed by atoms with E-state index in [1.807, 2.05) is 12.1 Å². The van der Waals surface area contributed by atoms with Crippen LogP contribution in [-0.4, -0.2) is 16.8 Å². The number of H-pyrrole nitrogens is 1. The van der Waals surface area contributed by atoms with Crippen LogP contribution < -0.4 is 10.6 Å². The molecule has 0 radical (unpaired) electrons. The summed E-state index contributed by atoms with van der Waals surface area (Å²) in [6.45, 7) is 1.37. The number of aryl methyl sites for hydroxylation is 2. The Morgan fingerprint density at radius 3 is 2.67 bits per heavy atom. The normalized spacial score (nSPS) is 13.3. The number of hydrogen-bond acceptors (Lipinski definition) is 2. The Hall–Kier alpha value is -3.15. The number of carbonyl (C=O) groups is 2. The Labute approximate surface area is 156 Å². The van der Waals surface area contributed by atoms with Gasteiger partial charge in [0.25, 0.3) is 5.91 Å². The summed E-state index contributed by atoms with van der Waals surface area (Å²) in [5, 5.41) is 6.24. The van der Waals surface area contributed by atoms with Crippen molar-refractivity contribution in [2.24, 2.45) is 0 Å². The number of rotatable bonds is 3. The molecular formula is C21H20FN3O2. The van der Waals surface area contributed by atoms with Crippen molar-refractivity contribution in [3.05, 3.63) is 59.0 Å². The van der Waals surface area contributed by atoms with E-state index in [1.165, 1.54) is 42.8 Å². The monoisotopic (exact) mass is 365 g/mol. The molecule has 0 spiro atoms. The van der Waals surface area contributed by atoms with E-state index in [9.17, 15) is 14.0 Å². The van der Waals surface area contributed by atoms with Crippen LogP contribution in [0.25, 0.3) is 10.9 Å². The summed E-state index contributed by atoms with van der Waals surface area (Å²) >= 11 is 0. The van der Waals surface area contributed by atoms with E-state index in [0.29, 0.717) is 11.3 Å². The van der Waals surface area contributed by atoms with E-state index < -0.39 is 5.82 Å². The molecule has 0 aliphatic heterocycles. The van der Waals surface area contributed by atoms with Crippen LogP contribution in [0.3, 0.4) is 0 Å². The molecule has 0 atom stereocenters. The van der Waals surface area contributed by atoms with Crippen LogP contribution in [0.2, 0.25) is 0 Å². The molecule has 3 aromatic rings. The average Bonchev–Trinajstić information content (AvgIpc) is 3.02. The second-order valence-corrected chi connectivity index (χ2v) is 6.88. The number of carbonyl (C=O) groups excluding carboxylic acids is 2. The lowest BCUT2D eigenvalue weighted by Gasteiger charge is -2.11. The summed E-state index contributed by atoms with van der Waals surface area (Å²) < 4.78 is 14.1. The first-order chi connectivity index (χ1) is 13.0. The van der Waals surface area contributed by atoms with Crippen LogP contribution in [0.5, 0.6) is 0 Å². The number of nitrogens with one attached hydrogen (secondary N) is 3. The summed E-state index contributed by atoms with van der Waals surface area (Å²) in [5.74, 6) is -1.21. The van der Waals surface area contributed by atoms with E-state index in [0.717, 1.165) is 30.2 Å². The van der Waals surface area contributed by atoms with Crippen molar-refractivity contribution in [1.82, 2.24) is 4.98 Å². The number of amides is 2. The van der Waals surface area contributed by atoms with E-state index in [-0.39, 0.29) is 17.5 Å². The third-order valence-electron chi connectivity index (χ3n) is 4.90. The first-order valence-corrected chi connectivity index (χ1v) is 9.03. The number of aromatic amines is 1. The Kier molecular flexibility index (Phi) is 4.39. The van der Waals surface area contributed by atoms with Gasteiger partial charge in [0.15, 0.2) is 0 Å². The molecule has 0 unspecified atom stereocenters. The zero-order chi connectivity index (χ0) is 19.0. The number of hydrogen-bond donors (Lipinski definition) is 3. The smallest absolute Gasteiger partial charge is 0.255 e. The lowest BCUT2D eigenvalue weighted by atomic mass is 9.95. The van der Waals surface area contributed by atoms with Crippen molar-refractivity contribution in [2.75, 3.05) is 10.6 Å². The summed E-state index contributed by atoms with van der Waals surface area (Å²) in [5.41, 5.74) is 4.49. The topological polar surface area (TPSA) is 74.0 Å². The van der Waals surface area contributed by atoms with Crippen molar-refractivity contribution in [1.29, 1.82) is 0 Å². The molecule has 1 aliphatic rings. The highest BCUT2D eigenvalue weighted by Crippen LogP contribution is 2.30. The van der Waals surface area contributed by atoms with Crippen molar-refractivity contribution in [3.63, 3.8) is 0 Å². The van der Waals surface area contributed by atoms with Gasteiger partial charge in [-0.15, -0.1) is 0 Å². The highest BCUT2D eigenvalue weighted by atomic mass is 19.1. The Bertz CT molecular complexity index is 1060. The molecule has 0 saturated heterocycles. The number of halogens is 1. The van der Waals surface area contributed by atoms with Crippen LogP contribution in [0.4, 0.5) is 15.8 Å². The molecule has 2 amide bonds. The predicted molar refractivity (Wildman–Crippen MR) is 104 cm³/mol. The van der Waals surface area contributed by atoms with Crippen molar-refractivity contribution >= 4 is 34.1 Å². The largest absolute Gasteiger partial charge is 0.358 e. The van der Waals surface area contributed by atoms with Gasteiger partial charge >= 0.3 is 0 Å². The first-order valence-electron chi connectivity index (χ1n) is 9.03. The fourth-order valence-electron chi connectivity index (χ4n) is 3.64. The van der Waals surface area contributed by atoms with Crippen molar-refractivity contribution in [3.8, 4) is 0 Å². The van der Waals surface area contributed by atoms with Crippen LogP contribution in [0.1, 0.15) is 41.4 Å². The minimum absolute atomic E-state index is 0.0300. The van der Waals surface area contributed by atoms with Gasteiger partial charge in [0, 0.05) is 34.8 Å². The maximum atomic E-state index is 14.1. The zero-order valence-corrected chi connectivity index (χ0v) is 15.0. The number of aromatic nitrogens is 1. The van der Waals surface area contributed by atoms with E-state index >= 15 is 0 Å². The summed E-state index contributed by atoms with van der Waals surface area (Å²) in [4.78, 5) is 27.3. The summed E-state index contributed by atoms with van der Waals surface area (Å²) in [6.07, 6.45) is 4.37. The second-order valence-electron chi connectivity index (χ2n) is 6.88. The quantitative estimate of drug-likeness (QED) is 0.644. The van der Waals surface area contributed by atoms with Crippen LogP contribution in [-0.2, 0) is 17.6 Å². The van der Waals surface area contributed by atoms with Gasteiger partial charge in [-0.1, -0.05) is 0 Å². The molecule has 27 heavy (non-hydrogen) atoms. The predicted octanol–water partition coefficient (Wildman–Crippen LogP) is 4.40. The minimum Gasteiger partial charge on any atom is -0.358 e. The number of fused-ring (bicyclic) bond motifs is 3. The summed E-state index contributed by atoms with van der Waals surface area (Å²) in [6, 6.07) is 9.56. The molecule has 138 valence electrons. The van der Waals surface area contributed by atoms with Gasteiger partial charge in [-0.05, 0) is 67.6 Å². The van der Waals surface area contributed by atoms with Crippen LogP contribution in [0, 0.1) is 5.82 Å². The maximum absolute atomic E-state index is 14.1. The molecule has 4 rings (SSSR count). The lowest BCUT2D eigenvalue weighted by molar-refractivity contribution is -0.114. The molecule has 1 heterocycles. The molecule has 1 aromatic heterocycles. The minimum atomic E-state index is -0.558. The van der Waals surface area contributed by atoms with Gasteiger partial charge in [-0.3, -0.25) is 9.59 Å². The molecular weight excluding hydrogens is 345 g/mol. The number of benzene rings is 2. The first kappa shape index (κ1) is 17.3. The standard InChI is InChI=1S/C21H20FN3O2/c1-12(26)23-14-7-8-17(22)20(11-14)25-21(27)13-6-9-19-16(10-13)15-4-2-3-5-18(15)24-19/h6-11,24H,2-5H2,1H3,(H,23,26)(H,25,27). The SMILES string of the molecule is CC(=O)Nc1ccc(F)c(NC(=O)c2ccc3[nH]c4c(c3c2)CCCC4)c1. The second kappa shape index (κ2) is 6.87. The molecule has 5 nitrogen and oxygen atoms in total. The third kappa shape index (κ3) is 3.43. The van der Waals surface area contributed by atoms with Gasteiger partial charge < -0.3 is 15.6 Å². The molecule has 1 aliphatic carbocycles. The van der Waals surface area contributed by atoms with Crippen molar-refractivity contribution < 1.29 is 14.0 Å². The lowest BCUT2D eigenvalue weighted by Crippen LogP contribution is -2.14. The molecule has 6 heteroatoms. The van der Waals surface area contributed by atoms with Gasteiger partial charge in [0.2, 0.25) is 5.91 Å². The van der Waals surface area contributed by atoms with Gasteiger partial charge in [-0.2, -0.15) is 0 Å². The van der Waals surface area contributed by atoms with Crippen LogP contribution >= 0.6 is 0 Å².